The summed E-state index contributed by atoms with van der Waals surface area (Å²) in [7, 11) is 0. The van der Waals surface area contributed by atoms with Crippen molar-refractivity contribution in [1.29, 1.82) is 0 Å². The van der Waals surface area contributed by atoms with Gasteiger partial charge in [-0.15, -0.1) is 0 Å². The van der Waals surface area contributed by atoms with Gasteiger partial charge in [-0.05, 0) is 24.6 Å². The number of alkyl halides is 6. The average molecular weight is 427 g/mol. The van der Waals surface area contributed by atoms with E-state index in [-0.39, 0.29) is 23.4 Å². The van der Waals surface area contributed by atoms with E-state index in [0.29, 0.717) is 0 Å². The molecular weight excluding hydrogens is 412 g/mol. The number of carbonyl (C=O) groups is 1. The molecule has 1 heterocycles. The van der Waals surface area contributed by atoms with E-state index < -0.39 is 35.1 Å². The van der Waals surface area contributed by atoms with Gasteiger partial charge >= 0.3 is 12.4 Å². The summed E-state index contributed by atoms with van der Waals surface area (Å²) in [6.07, 6.45) is -8.57. The quantitative estimate of drug-likeness (QED) is 0.530. The number of carbonyl (C=O) groups excluding carboxylic acids is 1. The Balaban J connectivity index is 2.04. The van der Waals surface area contributed by atoms with Gasteiger partial charge in [0, 0.05) is 24.0 Å². The Labute approximate surface area is 167 Å². The van der Waals surface area contributed by atoms with Crippen LogP contribution < -0.4 is 5.32 Å². The molecule has 30 heavy (non-hydrogen) atoms. The van der Waals surface area contributed by atoms with Crippen LogP contribution in [0.2, 0.25) is 0 Å². The monoisotopic (exact) mass is 427 g/mol. The molecule has 3 rings (SSSR count). The molecule has 0 aliphatic heterocycles. The Morgan fingerprint density at radius 3 is 2.13 bits per heavy atom. The number of nitrogens with zero attached hydrogens (tertiary/aromatic N) is 2. The molecule has 1 aromatic heterocycles. The zero-order valence-electron chi connectivity index (χ0n) is 15.5. The molecule has 0 fully saturated rings. The third-order valence-electron chi connectivity index (χ3n) is 4.30. The second-order valence-corrected chi connectivity index (χ2v) is 6.29. The molecule has 3 aromatic rings. The van der Waals surface area contributed by atoms with Gasteiger partial charge in [-0.2, -0.15) is 31.4 Å². The maximum atomic E-state index is 13.4. The summed E-state index contributed by atoms with van der Waals surface area (Å²) < 4.78 is 80.9. The van der Waals surface area contributed by atoms with E-state index in [1.54, 1.807) is 6.92 Å². The highest BCUT2D eigenvalue weighted by molar-refractivity contribution is 6.07. The first-order valence-corrected chi connectivity index (χ1v) is 8.74. The lowest BCUT2D eigenvalue weighted by Crippen LogP contribution is -2.18. The van der Waals surface area contributed by atoms with Crippen LogP contribution in [0.3, 0.4) is 0 Å². The van der Waals surface area contributed by atoms with Crippen molar-refractivity contribution in [3.05, 3.63) is 71.5 Å². The second-order valence-electron chi connectivity index (χ2n) is 6.29. The van der Waals surface area contributed by atoms with Crippen LogP contribution in [0.5, 0.6) is 0 Å². The van der Waals surface area contributed by atoms with E-state index in [2.05, 4.69) is 10.4 Å². The minimum Gasteiger partial charge on any atom is -0.321 e. The van der Waals surface area contributed by atoms with Crippen LogP contribution in [0.15, 0.2) is 54.7 Å². The van der Waals surface area contributed by atoms with Crippen LogP contribution in [0.4, 0.5) is 32.0 Å². The third-order valence-corrected chi connectivity index (χ3v) is 4.30. The Morgan fingerprint density at radius 2 is 1.53 bits per heavy atom. The standard InChI is InChI=1S/C20H15F6N3O/c1-2-29-11-14(17(28-29)20(24,25)26)18(30)27-16-10-6-4-8-13(16)12-7-3-5-9-15(12)19(21,22)23/h3-11H,2H2,1H3,(H,27,30). The van der Waals surface area contributed by atoms with Gasteiger partial charge in [0.15, 0.2) is 5.69 Å². The molecule has 0 saturated heterocycles. The van der Waals surface area contributed by atoms with E-state index in [9.17, 15) is 31.1 Å². The molecule has 10 heteroatoms. The van der Waals surface area contributed by atoms with Crippen molar-refractivity contribution in [2.45, 2.75) is 25.8 Å². The van der Waals surface area contributed by atoms with Gasteiger partial charge in [0.2, 0.25) is 0 Å². The van der Waals surface area contributed by atoms with Gasteiger partial charge in [-0.25, -0.2) is 0 Å². The average Bonchev–Trinajstić information content (AvgIpc) is 3.13. The number of amides is 1. The van der Waals surface area contributed by atoms with Crippen LogP contribution in [0.1, 0.15) is 28.5 Å². The van der Waals surface area contributed by atoms with Crippen LogP contribution in [-0.2, 0) is 18.9 Å². The first-order valence-electron chi connectivity index (χ1n) is 8.74. The minimum atomic E-state index is -4.87. The van der Waals surface area contributed by atoms with Crippen molar-refractivity contribution in [2.75, 3.05) is 5.32 Å². The minimum absolute atomic E-state index is 0.0233. The molecule has 4 nitrogen and oxygen atoms in total. The lowest BCUT2D eigenvalue weighted by Gasteiger charge is -2.16. The lowest BCUT2D eigenvalue weighted by molar-refractivity contribution is -0.141. The molecule has 1 amide bonds. The van der Waals surface area contributed by atoms with Gasteiger partial charge in [-0.1, -0.05) is 36.4 Å². The molecule has 158 valence electrons. The number of aryl methyl sites for hydroxylation is 1. The normalized spacial score (nSPS) is 12.1. The Kier molecular flexibility index (Phi) is 5.60. The number of hydrogen-bond acceptors (Lipinski definition) is 2. The molecular formula is C20H15F6N3O. The Morgan fingerprint density at radius 1 is 0.933 bits per heavy atom. The second kappa shape index (κ2) is 7.85. The smallest absolute Gasteiger partial charge is 0.321 e. The van der Waals surface area contributed by atoms with E-state index in [4.69, 9.17) is 0 Å². The predicted molar refractivity (Wildman–Crippen MR) is 97.7 cm³/mol. The first-order chi connectivity index (χ1) is 14.0. The molecule has 0 aliphatic carbocycles. The fourth-order valence-electron chi connectivity index (χ4n) is 2.94. The van der Waals surface area contributed by atoms with Crippen molar-refractivity contribution < 1.29 is 31.1 Å². The van der Waals surface area contributed by atoms with E-state index in [0.717, 1.165) is 16.9 Å². The number of para-hydroxylation sites is 1. The largest absolute Gasteiger partial charge is 0.435 e. The highest BCUT2D eigenvalue weighted by Crippen LogP contribution is 2.39. The van der Waals surface area contributed by atoms with Crippen LogP contribution in [0.25, 0.3) is 11.1 Å². The summed E-state index contributed by atoms with van der Waals surface area (Å²) in [6, 6.07) is 10.3. The third kappa shape index (κ3) is 4.32. The summed E-state index contributed by atoms with van der Waals surface area (Å²) in [4.78, 5) is 12.6. The number of hydrogen-bond donors (Lipinski definition) is 1. The Bertz CT molecular complexity index is 1070. The summed E-state index contributed by atoms with van der Waals surface area (Å²) in [5.41, 5.74) is -3.26. The molecule has 0 saturated carbocycles. The SMILES string of the molecule is CCn1cc(C(=O)Nc2ccccc2-c2ccccc2C(F)(F)F)c(C(F)(F)F)n1. The van der Waals surface area contributed by atoms with E-state index in [1.165, 1.54) is 42.5 Å². The molecule has 0 bridgehead atoms. The van der Waals surface area contributed by atoms with E-state index in [1.807, 2.05) is 0 Å². The summed E-state index contributed by atoms with van der Waals surface area (Å²) >= 11 is 0. The molecule has 2 aromatic carbocycles. The fraction of sp³-hybridized carbons (Fsp3) is 0.200. The van der Waals surface area contributed by atoms with E-state index >= 15 is 0 Å². The number of aromatic nitrogens is 2. The maximum absolute atomic E-state index is 13.4. The van der Waals surface area contributed by atoms with Gasteiger partial charge < -0.3 is 5.32 Å². The fourth-order valence-corrected chi connectivity index (χ4v) is 2.94. The highest BCUT2D eigenvalue weighted by Gasteiger charge is 2.39. The highest BCUT2D eigenvalue weighted by atomic mass is 19.4. The molecule has 0 unspecified atom stereocenters. The van der Waals surface area contributed by atoms with Gasteiger partial charge in [0.25, 0.3) is 5.91 Å². The maximum Gasteiger partial charge on any atom is 0.435 e. The predicted octanol–water partition coefficient (Wildman–Crippen LogP) is 5.86. The van der Waals surface area contributed by atoms with Gasteiger partial charge in [0.1, 0.15) is 0 Å². The van der Waals surface area contributed by atoms with Crippen molar-refractivity contribution in [2.24, 2.45) is 0 Å². The van der Waals surface area contributed by atoms with Crippen molar-refractivity contribution in [1.82, 2.24) is 9.78 Å². The van der Waals surface area contributed by atoms with Crippen LogP contribution >= 0.6 is 0 Å². The van der Waals surface area contributed by atoms with Gasteiger partial charge in [0.05, 0.1) is 11.1 Å². The van der Waals surface area contributed by atoms with Crippen molar-refractivity contribution in [3.63, 3.8) is 0 Å². The van der Waals surface area contributed by atoms with Gasteiger partial charge in [-0.3, -0.25) is 9.48 Å². The number of nitrogens with one attached hydrogen (secondary N) is 1. The summed E-state index contributed by atoms with van der Waals surface area (Å²) in [5, 5.41) is 5.67. The topological polar surface area (TPSA) is 46.9 Å². The summed E-state index contributed by atoms with van der Waals surface area (Å²) in [5.74, 6) is -1.13. The zero-order valence-corrected chi connectivity index (χ0v) is 15.5. The Hall–Kier alpha value is -3.30. The number of anilines is 1. The lowest BCUT2D eigenvalue weighted by atomic mass is 9.97. The molecule has 0 radical (unpaired) electrons. The molecule has 0 aliphatic rings. The van der Waals surface area contributed by atoms with Crippen molar-refractivity contribution >= 4 is 11.6 Å². The number of rotatable bonds is 4. The van der Waals surface area contributed by atoms with Crippen LogP contribution in [0, 0.1) is 0 Å². The summed E-state index contributed by atoms with van der Waals surface area (Å²) in [6.45, 7) is 1.66. The zero-order chi connectivity index (χ0) is 22.1. The number of halogens is 6. The molecule has 1 N–H and O–H groups in total. The van der Waals surface area contributed by atoms with Crippen LogP contribution in [-0.4, -0.2) is 15.7 Å². The first kappa shape index (κ1) is 21.4. The van der Waals surface area contributed by atoms with Crippen molar-refractivity contribution in [3.8, 4) is 11.1 Å². The molecule has 0 atom stereocenters. The number of benzene rings is 2. The molecule has 0 spiro atoms.